The summed E-state index contributed by atoms with van der Waals surface area (Å²) in [7, 11) is 0. The van der Waals surface area contributed by atoms with E-state index in [1.165, 1.54) is 17.4 Å². The van der Waals surface area contributed by atoms with Gasteiger partial charge >= 0.3 is 5.97 Å². The topological polar surface area (TPSA) is 66.4 Å². The molecule has 0 aliphatic heterocycles. The molecule has 96 valence electrons. The molecule has 1 aliphatic rings. The van der Waals surface area contributed by atoms with Gasteiger partial charge in [-0.2, -0.15) is 0 Å². The smallest absolute Gasteiger partial charge is 0.328 e. The molecule has 0 radical (unpaired) electrons. The van der Waals surface area contributed by atoms with Crippen LogP contribution in [0.2, 0.25) is 0 Å². The second-order valence-corrected chi connectivity index (χ2v) is 5.72. The van der Waals surface area contributed by atoms with Gasteiger partial charge in [-0.15, -0.1) is 11.3 Å². The average Bonchev–Trinajstić information content (AvgIpc) is 2.72. The average molecular weight is 265 g/mol. The van der Waals surface area contributed by atoms with E-state index in [4.69, 9.17) is 5.11 Å². The van der Waals surface area contributed by atoms with Crippen LogP contribution in [0.4, 0.5) is 0 Å². The van der Waals surface area contributed by atoms with Crippen molar-refractivity contribution in [3.8, 4) is 0 Å². The van der Waals surface area contributed by atoms with Gasteiger partial charge in [0.05, 0.1) is 5.56 Å². The molecule has 1 heterocycles. The van der Waals surface area contributed by atoms with Crippen LogP contribution in [-0.2, 0) is 4.79 Å². The van der Waals surface area contributed by atoms with Crippen molar-refractivity contribution in [2.24, 2.45) is 0 Å². The fourth-order valence-corrected chi connectivity index (χ4v) is 2.67. The Balaban J connectivity index is 2.01. The second kappa shape index (κ2) is 4.94. The van der Waals surface area contributed by atoms with Crippen LogP contribution in [0.1, 0.15) is 41.4 Å². The lowest BCUT2D eigenvalue weighted by molar-refractivity contribution is -0.131. The van der Waals surface area contributed by atoms with E-state index < -0.39 is 5.97 Å². The van der Waals surface area contributed by atoms with Crippen molar-refractivity contribution in [2.75, 3.05) is 0 Å². The summed E-state index contributed by atoms with van der Waals surface area (Å²) in [5.74, 6) is -1.07. The summed E-state index contributed by atoms with van der Waals surface area (Å²) < 4.78 is 0. The number of hydrogen-bond donors (Lipinski definition) is 2. The molecule has 0 aromatic carbocycles. The summed E-state index contributed by atoms with van der Waals surface area (Å²) >= 11 is 1.36. The summed E-state index contributed by atoms with van der Waals surface area (Å²) in [5.41, 5.74) is 0.536. The third-order valence-electron chi connectivity index (χ3n) is 3.14. The molecule has 2 rings (SSSR count). The summed E-state index contributed by atoms with van der Waals surface area (Å²) in [4.78, 5) is 23.1. The minimum Gasteiger partial charge on any atom is -0.478 e. The molecule has 4 nitrogen and oxygen atoms in total. The minimum absolute atomic E-state index is 0.0594. The highest BCUT2D eigenvalue weighted by Crippen LogP contribution is 2.31. The van der Waals surface area contributed by atoms with E-state index in [9.17, 15) is 9.59 Å². The number of carboxylic acids is 1. The summed E-state index contributed by atoms with van der Waals surface area (Å²) in [6.07, 6.45) is 5.77. The maximum Gasteiger partial charge on any atom is 0.328 e. The molecule has 1 saturated carbocycles. The molecule has 0 atom stereocenters. The SMILES string of the molecule is CC1(NC(=O)c2csc(/C=C/C(=O)O)c2)CCC1. The highest BCUT2D eigenvalue weighted by molar-refractivity contribution is 7.11. The third-order valence-corrected chi connectivity index (χ3v) is 4.04. The summed E-state index contributed by atoms with van der Waals surface area (Å²) in [5, 5.41) is 13.3. The van der Waals surface area contributed by atoms with Crippen LogP contribution in [0, 0.1) is 0 Å². The van der Waals surface area contributed by atoms with Gasteiger partial charge in [-0.25, -0.2) is 4.79 Å². The van der Waals surface area contributed by atoms with Crippen LogP contribution in [-0.4, -0.2) is 22.5 Å². The van der Waals surface area contributed by atoms with Crippen LogP contribution in [0.3, 0.4) is 0 Å². The van der Waals surface area contributed by atoms with Gasteiger partial charge in [0.25, 0.3) is 5.91 Å². The lowest BCUT2D eigenvalue weighted by Gasteiger charge is -2.39. The van der Waals surface area contributed by atoms with Gasteiger partial charge in [-0.05, 0) is 38.3 Å². The summed E-state index contributed by atoms with van der Waals surface area (Å²) in [6, 6.07) is 1.71. The van der Waals surface area contributed by atoms with E-state index in [1.807, 2.05) is 6.92 Å². The number of amides is 1. The van der Waals surface area contributed by atoms with Crippen LogP contribution in [0.5, 0.6) is 0 Å². The maximum absolute atomic E-state index is 12.0. The van der Waals surface area contributed by atoms with E-state index in [2.05, 4.69) is 5.32 Å². The molecule has 2 N–H and O–H groups in total. The van der Waals surface area contributed by atoms with E-state index in [-0.39, 0.29) is 11.4 Å². The molecule has 0 spiro atoms. The quantitative estimate of drug-likeness (QED) is 0.822. The van der Waals surface area contributed by atoms with Gasteiger partial charge in [-0.3, -0.25) is 4.79 Å². The minimum atomic E-state index is -0.989. The first-order valence-corrected chi connectivity index (χ1v) is 6.69. The van der Waals surface area contributed by atoms with Crippen molar-refractivity contribution >= 4 is 29.3 Å². The number of hydrogen-bond acceptors (Lipinski definition) is 3. The van der Waals surface area contributed by atoms with Gasteiger partial charge in [0.2, 0.25) is 0 Å². The lowest BCUT2D eigenvalue weighted by Crippen LogP contribution is -2.50. The Morgan fingerprint density at radius 3 is 2.78 bits per heavy atom. The highest BCUT2D eigenvalue weighted by Gasteiger charge is 2.33. The first-order valence-electron chi connectivity index (χ1n) is 5.81. The number of carbonyl (C=O) groups excluding carboxylic acids is 1. The molecule has 0 saturated heterocycles. The zero-order valence-electron chi connectivity index (χ0n) is 10.1. The lowest BCUT2D eigenvalue weighted by atomic mass is 9.78. The Morgan fingerprint density at radius 1 is 1.50 bits per heavy atom. The molecule has 18 heavy (non-hydrogen) atoms. The fraction of sp³-hybridized carbons (Fsp3) is 0.385. The Bertz CT molecular complexity index is 500. The van der Waals surface area contributed by atoms with Gasteiger partial charge in [-0.1, -0.05) is 0 Å². The molecular weight excluding hydrogens is 250 g/mol. The van der Waals surface area contributed by atoms with E-state index in [0.717, 1.165) is 30.2 Å². The predicted molar refractivity (Wildman–Crippen MR) is 70.7 cm³/mol. The van der Waals surface area contributed by atoms with Gasteiger partial charge in [0, 0.05) is 21.9 Å². The second-order valence-electron chi connectivity index (χ2n) is 4.78. The van der Waals surface area contributed by atoms with Crippen LogP contribution in [0.25, 0.3) is 6.08 Å². The molecule has 1 aromatic rings. The van der Waals surface area contributed by atoms with Crippen molar-refractivity contribution in [1.82, 2.24) is 5.32 Å². The van der Waals surface area contributed by atoms with Crippen molar-refractivity contribution < 1.29 is 14.7 Å². The summed E-state index contributed by atoms with van der Waals surface area (Å²) in [6.45, 7) is 2.05. The largest absolute Gasteiger partial charge is 0.478 e. The monoisotopic (exact) mass is 265 g/mol. The van der Waals surface area contributed by atoms with Gasteiger partial charge in [0.1, 0.15) is 0 Å². The molecule has 1 fully saturated rings. The molecular formula is C13H15NO3S. The molecule has 0 bridgehead atoms. The van der Waals surface area contributed by atoms with Crippen molar-refractivity contribution in [3.63, 3.8) is 0 Å². The zero-order chi connectivity index (χ0) is 13.2. The number of rotatable bonds is 4. The van der Waals surface area contributed by atoms with E-state index in [1.54, 1.807) is 11.4 Å². The Hall–Kier alpha value is -1.62. The molecule has 1 aromatic heterocycles. The Morgan fingerprint density at radius 2 is 2.22 bits per heavy atom. The van der Waals surface area contributed by atoms with Crippen molar-refractivity contribution in [1.29, 1.82) is 0 Å². The Labute approximate surface area is 109 Å². The first kappa shape index (κ1) is 12.8. The normalized spacial score (nSPS) is 17.4. The first-order chi connectivity index (χ1) is 8.48. The molecule has 1 amide bonds. The number of carboxylic acid groups (broad SMARTS) is 1. The number of carbonyl (C=O) groups is 2. The highest BCUT2D eigenvalue weighted by atomic mass is 32.1. The van der Waals surface area contributed by atoms with Crippen LogP contribution in [0.15, 0.2) is 17.5 Å². The van der Waals surface area contributed by atoms with Crippen LogP contribution < -0.4 is 5.32 Å². The predicted octanol–water partition coefficient (Wildman–Crippen LogP) is 2.52. The number of nitrogens with one attached hydrogen (secondary N) is 1. The third kappa shape index (κ3) is 2.98. The van der Waals surface area contributed by atoms with Crippen LogP contribution >= 0.6 is 11.3 Å². The standard InChI is InChI=1S/C13H15NO3S/c1-13(5-2-6-13)14-12(17)9-7-10(18-8-9)3-4-11(15)16/h3-4,7-8H,2,5-6H2,1H3,(H,14,17)(H,15,16)/b4-3+. The molecule has 0 unspecified atom stereocenters. The molecule has 1 aliphatic carbocycles. The Kier molecular flexibility index (Phi) is 3.52. The van der Waals surface area contributed by atoms with E-state index in [0.29, 0.717) is 5.56 Å². The fourth-order valence-electron chi connectivity index (χ4n) is 1.89. The van der Waals surface area contributed by atoms with Crippen molar-refractivity contribution in [3.05, 3.63) is 28.0 Å². The van der Waals surface area contributed by atoms with Gasteiger partial charge in [0.15, 0.2) is 0 Å². The number of thiophene rings is 1. The maximum atomic E-state index is 12.0. The molecule has 5 heteroatoms. The number of aliphatic carboxylic acids is 1. The zero-order valence-corrected chi connectivity index (χ0v) is 10.9. The van der Waals surface area contributed by atoms with Crippen molar-refractivity contribution in [2.45, 2.75) is 31.7 Å². The van der Waals surface area contributed by atoms with Gasteiger partial charge < -0.3 is 10.4 Å². The van der Waals surface area contributed by atoms with E-state index >= 15 is 0 Å².